The van der Waals surface area contributed by atoms with Crippen molar-refractivity contribution in [2.45, 2.75) is 43.3 Å². The zero-order valence-electron chi connectivity index (χ0n) is 14.5. The number of nitrogens with zero attached hydrogens (tertiary/aromatic N) is 4. The minimum Gasteiger partial charge on any atom is -0.448 e. The Morgan fingerprint density at radius 1 is 1.30 bits per heavy atom. The first-order chi connectivity index (χ1) is 13.0. The first-order valence-corrected chi connectivity index (χ1v) is 10.7. The van der Waals surface area contributed by atoms with Gasteiger partial charge in [-0.3, -0.25) is 5.32 Å². The molecule has 0 radical (unpaired) electrons. The van der Waals surface area contributed by atoms with Crippen LogP contribution in [-0.2, 0) is 14.6 Å². The number of amides is 1. The number of anilines is 1. The number of carbonyl (C=O) groups is 1. The molecule has 0 bridgehead atoms. The van der Waals surface area contributed by atoms with E-state index in [0.717, 1.165) is 32.1 Å². The number of halogens is 1. The van der Waals surface area contributed by atoms with Crippen LogP contribution in [0.5, 0.6) is 0 Å². The van der Waals surface area contributed by atoms with Gasteiger partial charge in [-0.05, 0) is 41.5 Å². The summed E-state index contributed by atoms with van der Waals surface area (Å²) in [6, 6.07) is 6.53. The van der Waals surface area contributed by atoms with Crippen LogP contribution in [0.2, 0.25) is 5.02 Å². The fourth-order valence-electron chi connectivity index (χ4n) is 3.00. The molecule has 1 fully saturated rings. The van der Waals surface area contributed by atoms with Crippen molar-refractivity contribution >= 4 is 33.2 Å². The lowest BCUT2D eigenvalue weighted by Crippen LogP contribution is -2.24. The first-order valence-electron chi connectivity index (χ1n) is 8.66. The summed E-state index contributed by atoms with van der Waals surface area (Å²) in [4.78, 5) is 11.8. The number of rotatable bonds is 6. The quantitative estimate of drug-likeness (QED) is 0.773. The highest BCUT2D eigenvalue weighted by atomic mass is 35.5. The molecule has 1 aromatic carbocycles. The largest absolute Gasteiger partial charge is 0.448 e. The molecule has 3 rings (SSSR count). The lowest BCUT2D eigenvalue weighted by Gasteiger charge is -2.22. The summed E-state index contributed by atoms with van der Waals surface area (Å²) < 4.78 is 31.4. The lowest BCUT2D eigenvalue weighted by atomic mass is 9.96. The van der Waals surface area contributed by atoms with E-state index in [4.69, 9.17) is 16.3 Å². The fraction of sp³-hybridized carbons (Fsp3) is 0.500. The average Bonchev–Trinajstić information content (AvgIpc) is 3.13. The van der Waals surface area contributed by atoms with E-state index >= 15 is 0 Å². The number of sulfone groups is 1. The van der Waals surface area contributed by atoms with Gasteiger partial charge in [0.05, 0.1) is 11.8 Å². The molecule has 1 heterocycles. The Morgan fingerprint density at radius 3 is 2.81 bits per heavy atom. The molecule has 11 heteroatoms. The van der Waals surface area contributed by atoms with Crippen molar-refractivity contribution in [2.75, 3.05) is 17.7 Å². The molecule has 0 aliphatic heterocycles. The molecule has 1 aromatic heterocycles. The SMILES string of the molecule is O=C(Nc1cccc(Cl)c1)OCCS(=O)(=O)c1nnnn1C1CCCCC1. The van der Waals surface area contributed by atoms with Crippen LogP contribution in [0.3, 0.4) is 0 Å². The number of hydrogen-bond acceptors (Lipinski definition) is 7. The van der Waals surface area contributed by atoms with E-state index < -0.39 is 21.7 Å². The summed E-state index contributed by atoms with van der Waals surface area (Å²) in [6.07, 6.45) is 4.13. The fourth-order valence-corrected chi connectivity index (χ4v) is 4.31. The summed E-state index contributed by atoms with van der Waals surface area (Å²) in [5.74, 6) is -0.400. The molecule has 0 spiro atoms. The normalized spacial score (nSPS) is 15.4. The van der Waals surface area contributed by atoms with Gasteiger partial charge in [0.1, 0.15) is 6.61 Å². The molecular weight excluding hydrogens is 394 g/mol. The summed E-state index contributed by atoms with van der Waals surface area (Å²) in [7, 11) is -3.77. The third kappa shape index (κ3) is 5.16. The second-order valence-corrected chi connectivity index (χ2v) is 8.73. The summed E-state index contributed by atoms with van der Waals surface area (Å²) >= 11 is 5.84. The van der Waals surface area contributed by atoms with E-state index in [1.165, 1.54) is 4.68 Å². The second-order valence-electron chi connectivity index (χ2n) is 6.29. The van der Waals surface area contributed by atoms with E-state index in [1.807, 2.05) is 0 Å². The van der Waals surface area contributed by atoms with Gasteiger partial charge in [0.2, 0.25) is 9.84 Å². The van der Waals surface area contributed by atoms with Crippen LogP contribution in [-0.4, -0.2) is 47.1 Å². The Bertz CT molecular complexity index is 896. The maximum absolute atomic E-state index is 12.5. The van der Waals surface area contributed by atoms with E-state index in [1.54, 1.807) is 24.3 Å². The van der Waals surface area contributed by atoms with E-state index in [2.05, 4.69) is 20.8 Å². The number of benzene rings is 1. The van der Waals surface area contributed by atoms with Gasteiger partial charge in [0, 0.05) is 10.7 Å². The molecule has 0 saturated heterocycles. The smallest absolute Gasteiger partial charge is 0.411 e. The monoisotopic (exact) mass is 413 g/mol. The van der Waals surface area contributed by atoms with Gasteiger partial charge < -0.3 is 4.74 Å². The molecule has 146 valence electrons. The van der Waals surface area contributed by atoms with Crippen LogP contribution < -0.4 is 5.32 Å². The van der Waals surface area contributed by atoms with E-state index in [9.17, 15) is 13.2 Å². The highest BCUT2D eigenvalue weighted by Gasteiger charge is 2.28. The van der Waals surface area contributed by atoms with Crippen molar-refractivity contribution in [1.82, 2.24) is 20.2 Å². The summed E-state index contributed by atoms with van der Waals surface area (Å²) in [5, 5.41) is 13.8. The maximum Gasteiger partial charge on any atom is 0.411 e. The molecule has 0 unspecified atom stereocenters. The van der Waals surface area contributed by atoms with Crippen molar-refractivity contribution in [1.29, 1.82) is 0 Å². The third-order valence-electron chi connectivity index (χ3n) is 4.32. The topological polar surface area (TPSA) is 116 Å². The standard InChI is InChI=1S/C16H20ClN5O4S/c17-12-5-4-6-13(11-12)18-16(23)26-9-10-27(24,25)15-19-20-21-22(15)14-7-2-1-3-8-14/h4-6,11,14H,1-3,7-10H2,(H,18,23). The molecule has 1 saturated carbocycles. The number of tetrazole rings is 1. The van der Waals surface area contributed by atoms with Crippen LogP contribution >= 0.6 is 11.6 Å². The Labute approximate surface area is 162 Å². The summed E-state index contributed by atoms with van der Waals surface area (Å²) in [6.45, 7) is -0.313. The second kappa shape index (κ2) is 8.66. The van der Waals surface area contributed by atoms with Crippen molar-refractivity contribution in [3.8, 4) is 0 Å². The predicted octanol–water partition coefficient (Wildman–Crippen LogP) is 2.85. The lowest BCUT2D eigenvalue weighted by molar-refractivity contribution is 0.168. The van der Waals surface area contributed by atoms with Crippen molar-refractivity contribution < 1.29 is 17.9 Å². The molecule has 27 heavy (non-hydrogen) atoms. The predicted molar refractivity (Wildman–Crippen MR) is 98.4 cm³/mol. The molecule has 1 aliphatic carbocycles. The Kier molecular flexibility index (Phi) is 6.27. The number of nitrogens with one attached hydrogen (secondary N) is 1. The summed E-state index contributed by atoms with van der Waals surface area (Å²) in [5.41, 5.74) is 0.455. The average molecular weight is 414 g/mol. The molecule has 9 nitrogen and oxygen atoms in total. The van der Waals surface area contributed by atoms with Gasteiger partial charge in [0.25, 0.3) is 5.16 Å². The number of ether oxygens (including phenoxy) is 1. The number of aromatic nitrogens is 4. The van der Waals surface area contributed by atoms with Gasteiger partial charge >= 0.3 is 6.09 Å². The Hall–Kier alpha value is -2.20. The third-order valence-corrected chi connectivity index (χ3v) is 6.08. The van der Waals surface area contributed by atoms with Gasteiger partial charge in [0.15, 0.2) is 0 Å². The van der Waals surface area contributed by atoms with Gasteiger partial charge in [-0.25, -0.2) is 17.9 Å². The number of carbonyl (C=O) groups excluding carboxylic acids is 1. The zero-order chi connectivity index (χ0) is 19.3. The zero-order valence-corrected chi connectivity index (χ0v) is 16.1. The molecule has 1 amide bonds. The van der Waals surface area contributed by atoms with Crippen LogP contribution in [0.25, 0.3) is 0 Å². The molecule has 1 aliphatic rings. The Balaban J connectivity index is 1.56. The van der Waals surface area contributed by atoms with Crippen molar-refractivity contribution in [2.24, 2.45) is 0 Å². The van der Waals surface area contributed by atoms with Crippen LogP contribution in [0.4, 0.5) is 10.5 Å². The first kappa shape index (κ1) is 19.6. The minimum absolute atomic E-state index is 0.00873. The minimum atomic E-state index is -3.77. The van der Waals surface area contributed by atoms with Gasteiger partial charge in [-0.2, -0.15) is 0 Å². The molecule has 1 N–H and O–H groups in total. The van der Waals surface area contributed by atoms with E-state index in [0.29, 0.717) is 10.7 Å². The van der Waals surface area contributed by atoms with Crippen molar-refractivity contribution in [3.63, 3.8) is 0 Å². The maximum atomic E-state index is 12.5. The molecular formula is C16H20ClN5O4S. The molecule has 2 aromatic rings. The van der Waals surface area contributed by atoms with Crippen LogP contribution in [0.15, 0.2) is 29.4 Å². The van der Waals surface area contributed by atoms with Crippen LogP contribution in [0, 0.1) is 0 Å². The molecule has 0 atom stereocenters. The van der Waals surface area contributed by atoms with Crippen LogP contribution in [0.1, 0.15) is 38.1 Å². The van der Waals surface area contributed by atoms with E-state index in [-0.39, 0.29) is 17.8 Å². The van der Waals surface area contributed by atoms with Crippen molar-refractivity contribution in [3.05, 3.63) is 29.3 Å². The number of hydrogen-bond donors (Lipinski definition) is 1. The van der Waals surface area contributed by atoms with Gasteiger partial charge in [-0.1, -0.05) is 42.0 Å². The van der Waals surface area contributed by atoms with Gasteiger partial charge in [-0.15, -0.1) is 0 Å². The highest BCUT2D eigenvalue weighted by Crippen LogP contribution is 2.28. The highest BCUT2D eigenvalue weighted by molar-refractivity contribution is 7.91. The Morgan fingerprint density at radius 2 is 2.07 bits per heavy atom.